The van der Waals surface area contributed by atoms with Crippen molar-refractivity contribution >= 4 is 17.0 Å². The highest BCUT2D eigenvalue weighted by Gasteiger charge is 2.20. The third-order valence-electron chi connectivity index (χ3n) is 6.98. The number of hydrogen-bond donors (Lipinski definition) is 0. The zero-order chi connectivity index (χ0) is 33.5. The number of hydrogen-bond acceptors (Lipinski definition) is 3. The molecule has 0 amide bonds. The Bertz CT molecular complexity index is 1340. The van der Waals surface area contributed by atoms with E-state index in [-0.39, 0.29) is 0 Å². The molecule has 0 radical (unpaired) electrons. The number of ether oxygens (including phenoxy) is 1. The number of methoxy groups -OCH3 is 1. The Labute approximate surface area is 270 Å². The smallest absolute Gasteiger partial charge is 0.216 e. The lowest BCUT2D eigenvalue weighted by Gasteiger charge is -2.23. The number of aromatic nitrogens is 1. The van der Waals surface area contributed by atoms with E-state index in [1.54, 1.807) is 7.11 Å². The summed E-state index contributed by atoms with van der Waals surface area (Å²) in [4.78, 5) is 7.11. The second-order valence-electron chi connectivity index (χ2n) is 10.3. The molecular formula is C41H60N2O. The normalized spacial score (nSPS) is 10.7. The molecule has 0 saturated carbocycles. The van der Waals surface area contributed by atoms with Crippen LogP contribution in [0.1, 0.15) is 87.3 Å². The summed E-state index contributed by atoms with van der Waals surface area (Å²) in [5.74, 6) is 1.13. The van der Waals surface area contributed by atoms with Crippen LogP contribution in [0.15, 0.2) is 92.0 Å². The minimum absolute atomic E-state index is 0.385. The van der Waals surface area contributed by atoms with Crippen molar-refractivity contribution in [3.05, 3.63) is 125 Å². The zero-order valence-corrected chi connectivity index (χ0v) is 29.7. The molecule has 0 spiro atoms. The Kier molecular flexibility index (Phi) is 21.7. The van der Waals surface area contributed by atoms with Crippen LogP contribution in [-0.2, 0) is 12.8 Å². The zero-order valence-electron chi connectivity index (χ0n) is 29.7. The van der Waals surface area contributed by atoms with E-state index in [2.05, 4.69) is 127 Å². The first-order chi connectivity index (χ1) is 21.4. The van der Waals surface area contributed by atoms with E-state index in [0.717, 1.165) is 37.2 Å². The predicted octanol–water partition coefficient (Wildman–Crippen LogP) is 11.3. The summed E-state index contributed by atoms with van der Waals surface area (Å²) >= 11 is 0. The average molecular weight is 597 g/mol. The molecule has 1 unspecified atom stereocenters. The van der Waals surface area contributed by atoms with Crippen LogP contribution in [-0.4, -0.2) is 37.6 Å². The highest BCUT2D eigenvalue weighted by molar-refractivity contribution is 5.81. The monoisotopic (exact) mass is 596 g/mol. The second kappa shape index (κ2) is 23.7. The van der Waals surface area contributed by atoms with Crippen molar-refractivity contribution in [3.63, 3.8) is 0 Å². The van der Waals surface area contributed by atoms with Gasteiger partial charge in [0.2, 0.25) is 5.88 Å². The van der Waals surface area contributed by atoms with E-state index in [9.17, 15) is 0 Å². The fourth-order valence-electron chi connectivity index (χ4n) is 4.83. The quantitative estimate of drug-likeness (QED) is 0.180. The molecule has 3 nitrogen and oxygen atoms in total. The van der Waals surface area contributed by atoms with Crippen molar-refractivity contribution in [3.8, 4) is 5.88 Å². The molecule has 0 saturated heterocycles. The van der Waals surface area contributed by atoms with Crippen molar-refractivity contribution in [2.75, 3.05) is 27.7 Å². The number of benzene rings is 3. The van der Waals surface area contributed by atoms with Gasteiger partial charge < -0.3 is 9.64 Å². The number of pyridine rings is 1. The molecule has 4 rings (SSSR count). The van der Waals surface area contributed by atoms with E-state index in [0.29, 0.717) is 5.92 Å². The van der Waals surface area contributed by atoms with Crippen LogP contribution < -0.4 is 4.74 Å². The molecule has 3 aromatic carbocycles. The van der Waals surface area contributed by atoms with E-state index in [1.807, 2.05) is 45.9 Å². The number of aryl methyl sites for hydroxylation is 3. The molecule has 1 atom stereocenters. The van der Waals surface area contributed by atoms with Crippen molar-refractivity contribution in [1.82, 2.24) is 9.88 Å². The number of allylic oxidation sites excluding steroid dienone is 1. The third-order valence-corrected chi connectivity index (χ3v) is 6.98. The van der Waals surface area contributed by atoms with Crippen molar-refractivity contribution in [2.45, 2.75) is 80.6 Å². The van der Waals surface area contributed by atoms with Crippen LogP contribution in [0.2, 0.25) is 0 Å². The molecular weight excluding hydrogens is 536 g/mol. The topological polar surface area (TPSA) is 25.4 Å². The first-order valence-corrected chi connectivity index (χ1v) is 16.2. The molecule has 1 aromatic heterocycles. The molecule has 0 N–H and O–H groups in total. The summed E-state index contributed by atoms with van der Waals surface area (Å²) in [6, 6.07) is 25.7. The van der Waals surface area contributed by atoms with Gasteiger partial charge >= 0.3 is 0 Å². The van der Waals surface area contributed by atoms with Crippen LogP contribution in [0.25, 0.3) is 17.0 Å². The van der Waals surface area contributed by atoms with Gasteiger partial charge in [-0.1, -0.05) is 107 Å². The van der Waals surface area contributed by atoms with Crippen LogP contribution >= 0.6 is 0 Å². The molecule has 0 aliphatic heterocycles. The van der Waals surface area contributed by atoms with Crippen LogP contribution in [0.3, 0.4) is 0 Å². The molecule has 240 valence electrons. The van der Waals surface area contributed by atoms with Gasteiger partial charge in [0.1, 0.15) is 0 Å². The maximum Gasteiger partial charge on any atom is 0.216 e. The van der Waals surface area contributed by atoms with Gasteiger partial charge in [0.25, 0.3) is 0 Å². The van der Waals surface area contributed by atoms with Crippen LogP contribution in [0.4, 0.5) is 0 Å². The van der Waals surface area contributed by atoms with Gasteiger partial charge in [-0.05, 0) is 107 Å². The molecule has 4 aromatic rings. The first kappa shape index (κ1) is 40.3. The van der Waals surface area contributed by atoms with E-state index in [4.69, 9.17) is 9.72 Å². The molecule has 0 fully saturated rings. The summed E-state index contributed by atoms with van der Waals surface area (Å²) in [5, 5.41) is 1.19. The summed E-state index contributed by atoms with van der Waals surface area (Å²) in [5.41, 5.74) is 8.90. The van der Waals surface area contributed by atoms with E-state index in [1.165, 1.54) is 38.8 Å². The molecule has 0 aliphatic carbocycles. The van der Waals surface area contributed by atoms with Crippen LogP contribution in [0.5, 0.6) is 5.88 Å². The second-order valence-corrected chi connectivity index (χ2v) is 10.3. The van der Waals surface area contributed by atoms with Gasteiger partial charge in [0.05, 0.1) is 12.6 Å². The Balaban J connectivity index is 0.00000120. The van der Waals surface area contributed by atoms with Crippen molar-refractivity contribution in [2.24, 2.45) is 0 Å². The summed E-state index contributed by atoms with van der Waals surface area (Å²) in [7, 11) is 6.01. The number of fused-ring (bicyclic) bond motifs is 1. The van der Waals surface area contributed by atoms with Crippen LogP contribution in [0, 0.1) is 13.8 Å². The minimum atomic E-state index is 0.385. The summed E-state index contributed by atoms with van der Waals surface area (Å²) in [6.07, 6.45) is 7.40. The number of nitrogens with zero attached hydrogens (tertiary/aromatic N) is 2. The lowest BCUT2D eigenvalue weighted by molar-refractivity contribution is 0.372. The minimum Gasteiger partial charge on any atom is -0.481 e. The fourth-order valence-corrected chi connectivity index (χ4v) is 4.83. The highest BCUT2D eigenvalue weighted by atomic mass is 16.5. The van der Waals surface area contributed by atoms with Gasteiger partial charge in [-0.15, -0.1) is 13.2 Å². The number of rotatable bonds is 9. The molecule has 0 aliphatic rings. The van der Waals surface area contributed by atoms with Crippen molar-refractivity contribution < 1.29 is 4.74 Å². The predicted molar refractivity (Wildman–Crippen MR) is 198 cm³/mol. The molecule has 0 bridgehead atoms. The molecule has 3 heteroatoms. The highest BCUT2D eigenvalue weighted by Crippen LogP contribution is 2.34. The first-order valence-electron chi connectivity index (χ1n) is 16.2. The van der Waals surface area contributed by atoms with Gasteiger partial charge in [-0.25, -0.2) is 4.98 Å². The lowest BCUT2D eigenvalue weighted by atomic mass is 9.84. The van der Waals surface area contributed by atoms with Gasteiger partial charge in [0, 0.05) is 10.9 Å². The largest absolute Gasteiger partial charge is 0.481 e. The van der Waals surface area contributed by atoms with Gasteiger partial charge in [0.15, 0.2) is 0 Å². The van der Waals surface area contributed by atoms with Gasteiger partial charge in [-0.3, -0.25) is 0 Å². The SMILES string of the molecule is C/C=C\c1c(C)cccc1C(CCN(C)C)Cc1cc2cc(CC)ccc2nc1OC.C=C.CC.CC.Cc1ccccc1. The Morgan fingerprint density at radius 2 is 1.55 bits per heavy atom. The standard InChI is InChI=1S/C28H36N2O.C7H8.2C2H6.C2H4/c1-7-10-25-20(3)11-9-12-26(25)22(15-16-30(4)5)18-24-19-23-17-21(8-2)13-14-27(23)29-28(24)31-6;1-7-5-3-2-4-6-7;3*1-2/h7,9-14,17,19,22H,8,15-16,18H2,1-6H3;2-6H,1H3;2*1-2H3;1-2H2/b10-7-;;;;. The Morgan fingerprint density at radius 3 is 2.07 bits per heavy atom. The maximum atomic E-state index is 5.74. The fraction of sp³-hybridized carbons (Fsp3) is 0.390. The average Bonchev–Trinajstić information content (AvgIpc) is 3.06. The Morgan fingerprint density at radius 1 is 0.886 bits per heavy atom. The Hall–Kier alpha value is -3.69. The van der Waals surface area contributed by atoms with E-state index >= 15 is 0 Å². The third kappa shape index (κ3) is 13.3. The maximum absolute atomic E-state index is 5.74. The summed E-state index contributed by atoms with van der Waals surface area (Å²) < 4.78 is 5.74. The lowest BCUT2D eigenvalue weighted by Crippen LogP contribution is -2.18. The van der Waals surface area contributed by atoms with Crippen molar-refractivity contribution in [1.29, 1.82) is 0 Å². The van der Waals surface area contributed by atoms with Gasteiger partial charge in [-0.2, -0.15) is 0 Å². The van der Waals surface area contributed by atoms with E-state index < -0.39 is 0 Å². The molecule has 44 heavy (non-hydrogen) atoms. The summed E-state index contributed by atoms with van der Waals surface area (Å²) in [6.45, 7) is 23.6. The molecule has 1 heterocycles.